The van der Waals surface area contributed by atoms with E-state index in [0.29, 0.717) is 0 Å². The van der Waals surface area contributed by atoms with Crippen LogP contribution in [0.15, 0.2) is 12.1 Å². The Morgan fingerprint density at radius 2 is 1.94 bits per heavy atom. The minimum absolute atomic E-state index is 0.106. The fraction of sp³-hybridized carbons (Fsp3) is 0.273. The highest BCUT2D eigenvalue weighted by molar-refractivity contribution is 6.03. The number of aromatic hydroxyl groups is 1. The van der Waals surface area contributed by atoms with Crippen molar-refractivity contribution in [2.45, 2.75) is 0 Å². The van der Waals surface area contributed by atoms with Crippen molar-refractivity contribution >= 4 is 11.8 Å². The molecule has 0 spiro atoms. The summed E-state index contributed by atoms with van der Waals surface area (Å²) in [6.45, 7) is -0.220. The molecule has 1 aromatic carbocycles. The van der Waals surface area contributed by atoms with Crippen LogP contribution in [0.4, 0.5) is 0 Å². The maximum absolute atomic E-state index is 11.5. The summed E-state index contributed by atoms with van der Waals surface area (Å²) in [6.07, 6.45) is 0. The van der Waals surface area contributed by atoms with E-state index in [4.69, 9.17) is 10.5 Å². The third-order valence-electron chi connectivity index (χ3n) is 2.21. The second-order valence-corrected chi connectivity index (χ2v) is 3.19. The van der Waals surface area contributed by atoms with Crippen LogP contribution in [0.25, 0.3) is 0 Å². The molecule has 0 radical (unpaired) electrons. The fourth-order valence-corrected chi connectivity index (χ4v) is 1.34. The Balaban J connectivity index is 3.37. The molecule has 92 valence electrons. The Kier molecular flexibility index (Phi) is 4.06. The molecular formula is C11H13NO5. The number of hydrogen-bond acceptors (Lipinski definition) is 6. The summed E-state index contributed by atoms with van der Waals surface area (Å²) < 4.78 is 9.41. The van der Waals surface area contributed by atoms with Gasteiger partial charge in [0.2, 0.25) is 0 Å². The lowest BCUT2D eigenvalue weighted by Gasteiger charge is -2.10. The van der Waals surface area contributed by atoms with E-state index in [1.54, 1.807) is 0 Å². The van der Waals surface area contributed by atoms with Gasteiger partial charge in [-0.2, -0.15) is 0 Å². The highest BCUT2D eigenvalue weighted by Gasteiger charge is 2.19. The molecule has 0 aromatic heterocycles. The largest absolute Gasteiger partial charge is 0.507 e. The van der Waals surface area contributed by atoms with E-state index in [9.17, 15) is 14.7 Å². The minimum Gasteiger partial charge on any atom is -0.507 e. The van der Waals surface area contributed by atoms with Crippen molar-refractivity contribution in [1.29, 1.82) is 0 Å². The maximum atomic E-state index is 11.5. The molecule has 0 aliphatic heterocycles. The number of methoxy groups -OCH3 is 2. The predicted molar refractivity (Wildman–Crippen MR) is 59.4 cm³/mol. The van der Waals surface area contributed by atoms with Gasteiger partial charge in [-0.1, -0.05) is 0 Å². The Bertz CT molecular complexity index is 455. The number of benzene rings is 1. The monoisotopic (exact) mass is 239 g/mol. The van der Waals surface area contributed by atoms with Crippen LogP contribution in [0.2, 0.25) is 0 Å². The number of phenols is 1. The molecule has 17 heavy (non-hydrogen) atoms. The summed E-state index contributed by atoms with van der Waals surface area (Å²) in [7, 11) is 2.52. The van der Waals surface area contributed by atoms with Gasteiger partial charge in [-0.3, -0.25) is 4.79 Å². The summed E-state index contributed by atoms with van der Waals surface area (Å²) in [5, 5.41) is 9.58. The molecule has 3 N–H and O–H groups in total. The number of phenolic OH excluding ortho intramolecular Hbond substituents is 1. The number of hydrogen-bond donors (Lipinski definition) is 2. The third-order valence-corrected chi connectivity index (χ3v) is 2.21. The van der Waals surface area contributed by atoms with Gasteiger partial charge in [0.05, 0.1) is 26.3 Å². The normalized spacial score (nSPS) is 9.82. The van der Waals surface area contributed by atoms with Crippen LogP contribution in [0.5, 0.6) is 11.5 Å². The molecule has 1 rings (SSSR count). The lowest BCUT2D eigenvalue weighted by molar-refractivity contribution is 0.0597. The van der Waals surface area contributed by atoms with Crippen LogP contribution in [-0.2, 0) is 4.74 Å². The van der Waals surface area contributed by atoms with Crippen LogP contribution < -0.4 is 10.5 Å². The average molecular weight is 239 g/mol. The van der Waals surface area contributed by atoms with Crippen molar-refractivity contribution in [3.8, 4) is 11.5 Å². The number of esters is 1. The summed E-state index contributed by atoms with van der Waals surface area (Å²) in [6, 6.07) is 2.38. The Labute approximate surface area is 97.9 Å². The first-order chi connectivity index (χ1) is 8.04. The number of carbonyl (C=O) groups is 2. The molecule has 0 unspecified atom stereocenters. The van der Waals surface area contributed by atoms with Crippen molar-refractivity contribution in [2.75, 3.05) is 20.8 Å². The van der Waals surface area contributed by atoms with E-state index in [0.717, 1.165) is 0 Å². The first kappa shape index (κ1) is 13.0. The van der Waals surface area contributed by atoms with Crippen LogP contribution in [-0.4, -0.2) is 37.6 Å². The van der Waals surface area contributed by atoms with Gasteiger partial charge in [0.15, 0.2) is 5.78 Å². The minimum atomic E-state index is -0.740. The van der Waals surface area contributed by atoms with Crippen LogP contribution in [0, 0.1) is 0 Å². The Morgan fingerprint density at radius 1 is 1.29 bits per heavy atom. The summed E-state index contributed by atoms with van der Waals surface area (Å²) in [5.41, 5.74) is 5.27. The number of carbonyl (C=O) groups excluding carboxylic acids is 2. The van der Waals surface area contributed by atoms with Gasteiger partial charge in [-0.05, 0) is 6.07 Å². The van der Waals surface area contributed by atoms with Crippen molar-refractivity contribution in [1.82, 2.24) is 0 Å². The summed E-state index contributed by atoms with van der Waals surface area (Å²) in [4.78, 5) is 22.9. The van der Waals surface area contributed by atoms with Gasteiger partial charge >= 0.3 is 5.97 Å². The fourth-order valence-electron chi connectivity index (χ4n) is 1.34. The molecule has 0 heterocycles. The number of rotatable bonds is 4. The summed E-state index contributed by atoms with van der Waals surface area (Å²) >= 11 is 0. The zero-order valence-electron chi connectivity index (χ0n) is 9.52. The Morgan fingerprint density at radius 3 is 2.41 bits per heavy atom. The maximum Gasteiger partial charge on any atom is 0.341 e. The molecule has 6 heteroatoms. The number of nitrogens with two attached hydrogens (primary N) is 1. The van der Waals surface area contributed by atoms with Gasteiger partial charge in [-0.25, -0.2) is 4.79 Å². The lowest BCUT2D eigenvalue weighted by atomic mass is 10.0. The van der Waals surface area contributed by atoms with Crippen LogP contribution >= 0.6 is 0 Å². The van der Waals surface area contributed by atoms with Gasteiger partial charge in [-0.15, -0.1) is 0 Å². The molecule has 0 amide bonds. The average Bonchev–Trinajstić information content (AvgIpc) is 2.36. The molecule has 6 nitrogen and oxygen atoms in total. The molecule has 0 atom stereocenters. The third kappa shape index (κ3) is 2.54. The van der Waals surface area contributed by atoms with Gasteiger partial charge in [0, 0.05) is 6.07 Å². The second-order valence-electron chi connectivity index (χ2n) is 3.19. The van der Waals surface area contributed by atoms with E-state index in [1.807, 2.05) is 0 Å². The summed E-state index contributed by atoms with van der Waals surface area (Å²) in [5.74, 6) is -1.30. The number of ether oxygens (including phenoxy) is 2. The van der Waals surface area contributed by atoms with Gasteiger partial charge in [0.1, 0.15) is 17.1 Å². The van der Waals surface area contributed by atoms with Gasteiger partial charge < -0.3 is 20.3 Å². The topological polar surface area (TPSA) is 98.9 Å². The molecule has 0 bridgehead atoms. The van der Waals surface area contributed by atoms with E-state index >= 15 is 0 Å². The molecule has 0 saturated heterocycles. The van der Waals surface area contributed by atoms with E-state index < -0.39 is 11.8 Å². The quantitative estimate of drug-likeness (QED) is 0.580. The van der Waals surface area contributed by atoms with Crippen molar-refractivity contribution in [3.63, 3.8) is 0 Å². The first-order valence-electron chi connectivity index (χ1n) is 4.77. The molecule has 0 fully saturated rings. The SMILES string of the molecule is COC(=O)c1cc(C(=O)CN)c(OC)cc1O. The van der Waals surface area contributed by atoms with E-state index in [1.165, 1.54) is 26.4 Å². The molecule has 0 aliphatic carbocycles. The highest BCUT2D eigenvalue weighted by atomic mass is 16.5. The highest BCUT2D eigenvalue weighted by Crippen LogP contribution is 2.28. The zero-order chi connectivity index (χ0) is 13.0. The Hall–Kier alpha value is -2.08. The van der Waals surface area contributed by atoms with Crippen LogP contribution in [0.3, 0.4) is 0 Å². The lowest BCUT2D eigenvalue weighted by Crippen LogP contribution is -2.15. The molecular weight excluding hydrogens is 226 g/mol. The zero-order valence-corrected chi connectivity index (χ0v) is 9.52. The first-order valence-corrected chi connectivity index (χ1v) is 4.77. The standard InChI is InChI=1S/C11H13NO5/c1-16-10-4-8(13)7(11(15)17-2)3-6(10)9(14)5-12/h3-4,13H,5,12H2,1-2H3. The van der Waals surface area contributed by atoms with E-state index in [-0.39, 0.29) is 29.2 Å². The number of Topliss-reactive ketones (excluding diaryl/α,β-unsaturated/α-hetero) is 1. The van der Waals surface area contributed by atoms with E-state index in [2.05, 4.69) is 4.74 Å². The second kappa shape index (κ2) is 5.31. The van der Waals surface area contributed by atoms with Crippen molar-refractivity contribution < 1.29 is 24.2 Å². The predicted octanol–water partition coefficient (Wildman–Crippen LogP) is 0.329. The van der Waals surface area contributed by atoms with Crippen molar-refractivity contribution in [2.24, 2.45) is 5.73 Å². The van der Waals surface area contributed by atoms with Crippen molar-refractivity contribution in [3.05, 3.63) is 23.3 Å². The van der Waals surface area contributed by atoms with Gasteiger partial charge in [0.25, 0.3) is 0 Å². The smallest absolute Gasteiger partial charge is 0.341 e. The van der Waals surface area contributed by atoms with Crippen LogP contribution in [0.1, 0.15) is 20.7 Å². The molecule has 0 saturated carbocycles. The molecule has 0 aliphatic rings. The molecule has 1 aromatic rings. The number of ketones is 1.